The molecule has 0 radical (unpaired) electrons. The molecule has 1 fully saturated rings. The first kappa shape index (κ1) is 17.3. The minimum atomic E-state index is -0.304. The van der Waals surface area contributed by atoms with Gasteiger partial charge in [0.05, 0.1) is 25.4 Å². The van der Waals surface area contributed by atoms with Gasteiger partial charge in [-0.2, -0.15) is 0 Å². The van der Waals surface area contributed by atoms with E-state index in [1.54, 1.807) is 12.4 Å². The Morgan fingerprint density at radius 1 is 1.25 bits per heavy atom. The van der Waals surface area contributed by atoms with Crippen molar-refractivity contribution in [3.05, 3.63) is 65.2 Å². The Morgan fingerprint density at radius 2 is 2.04 bits per heavy atom. The number of nitrogens with zero attached hydrogens (tertiary/aromatic N) is 2. The highest BCUT2D eigenvalue weighted by Crippen LogP contribution is 2.39. The van der Waals surface area contributed by atoms with Gasteiger partial charge in [0.25, 0.3) is 5.91 Å². The van der Waals surface area contributed by atoms with E-state index in [2.05, 4.69) is 15.6 Å². The first-order chi connectivity index (χ1) is 13.6. The second kappa shape index (κ2) is 6.36. The Bertz CT molecular complexity index is 1070. The van der Waals surface area contributed by atoms with Crippen LogP contribution in [-0.4, -0.2) is 34.2 Å². The fourth-order valence-corrected chi connectivity index (χ4v) is 4.03. The molecule has 28 heavy (non-hydrogen) atoms. The fraction of sp³-hybridized carbons (Fsp3) is 0.238. The molecule has 1 aromatic carbocycles. The van der Waals surface area contributed by atoms with Crippen LogP contribution in [0.15, 0.2) is 48.9 Å². The standard InChI is InChI=1S/C21H19ClN4O2/c1-13-16(22)3-2-4-17(13)24-18-15(14-5-7-23-8-6-14)9-26-10-21(11-28-12-21)25-20(27)19(18)26/h2-9,24H,10-12H2,1H3,(H,25,27). The number of fused-ring (bicyclic) bond motifs is 1. The lowest BCUT2D eigenvalue weighted by Gasteiger charge is -2.45. The molecule has 0 atom stereocenters. The number of amides is 1. The van der Waals surface area contributed by atoms with Crippen molar-refractivity contribution in [2.75, 3.05) is 18.5 Å². The van der Waals surface area contributed by atoms with Gasteiger partial charge in [-0.1, -0.05) is 17.7 Å². The summed E-state index contributed by atoms with van der Waals surface area (Å²) in [6, 6.07) is 9.60. The normalized spacial score (nSPS) is 17.0. The van der Waals surface area contributed by atoms with Gasteiger partial charge in [-0.05, 0) is 42.3 Å². The van der Waals surface area contributed by atoms with Crippen LogP contribution in [0, 0.1) is 6.92 Å². The monoisotopic (exact) mass is 394 g/mol. The average molecular weight is 395 g/mol. The number of aromatic nitrogens is 2. The zero-order valence-corrected chi connectivity index (χ0v) is 16.1. The van der Waals surface area contributed by atoms with Crippen molar-refractivity contribution in [1.29, 1.82) is 0 Å². The van der Waals surface area contributed by atoms with Crippen LogP contribution in [0.2, 0.25) is 5.02 Å². The summed E-state index contributed by atoms with van der Waals surface area (Å²) in [5.74, 6) is -0.1000. The number of hydrogen-bond donors (Lipinski definition) is 2. The molecule has 2 N–H and O–H groups in total. The summed E-state index contributed by atoms with van der Waals surface area (Å²) in [6.45, 7) is 3.72. The van der Waals surface area contributed by atoms with Crippen LogP contribution in [0.25, 0.3) is 11.1 Å². The number of hydrogen-bond acceptors (Lipinski definition) is 4. The molecule has 3 aromatic rings. The Kier molecular flexibility index (Phi) is 3.92. The Balaban J connectivity index is 1.66. The number of carbonyl (C=O) groups excluding carboxylic acids is 1. The van der Waals surface area contributed by atoms with Crippen molar-refractivity contribution in [2.24, 2.45) is 0 Å². The van der Waals surface area contributed by atoms with Gasteiger partial charge < -0.3 is 19.9 Å². The van der Waals surface area contributed by atoms with Crippen molar-refractivity contribution in [2.45, 2.75) is 19.0 Å². The Morgan fingerprint density at radius 3 is 2.75 bits per heavy atom. The summed E-state index contributed by atoms with van der Waals surface area (Å²) in [7, 11) is 0. The van der Waals surface area contributed by atoms with E-state index in [4.69, 9.17) is 16.3 Å². The summed E-state index contributed by atoms with van der Waals surface area (Å²) in [5, 5.41) is 7.28. The highest BCUT2D eigenvalue weighted by molar-refractivity contribution is 6.31. The van der Waals surface area contributed by atoms with Gasteiger partial charge in [0, 0.05) is 34.9 Å². The first-order valence-corrected chi connectivity index (χ1v) is 9.50. The number of pyridine rings is 1. The summed E-state index contributed by atoms with van der Waals surface area (Å²) in [4.78, 5) is 17.1. The van der Waals surface area contributed by atoms with Crippen molar-refractivity contribution in [3.63, 3.8) is 0 Å². The molecule has 4 heterocycles. The van der Waals surface area contributed by atoms with E-state index in [0.29, 0.717) is 30.5 Å². The lowest BCUT2D eigenvalue weighted by Crippen LogP contribution is -2.67. The number of benzene rings is 1. The minimum absolute atomic E-state index is 0.1000. The van der Waals surface area contributed by atoms with Crippen LogP contribution in [0.4, 0.5) is 11.4 Å². The molecule has 1 saturated heterocycles. The van der Waals surface area contributed by atoms with Gasteiger partial charge in [-0.3, -0.25) is 9.78 Å². The highest BCUT2D eigenvalue weighted by Gasteiger charge is 2.45. The van der Waals surface area contributed by atoms with Crippen molar-refractivity contribution < 1.29 is 9.53 Å². The number of anilines is 2. The van der Waals surface area contributed by atoms with Crippen molar-refractivity contribution in [1.82, 2.24) is 14.9 Å². The van der Waals surface area contributed by atoms with Crippen LogP contribution < -0.4 is 10.6 Å². The zero-order valence-electron chi connectivity index (χ0n) is 15.3. The maximum atomic E-state index is 13.0. The van der Waals surface area contributed by atoms with Crippen LogP contribution in [0.3, 0.4) is 0 Å². The average Bonchev–Trinajstić information content (AvgIpc) is 3.03. The SMILES string of the molecule is Cc1c(Cl)cccc1Nc1c(-c2ccncc2)cn2c1C(=O)NC1(COC1)C2. The molecule has 142 valence electrons. The molecule has 7 heteroatoms. The predicted molar refractivity (Wildman–Crippen MR) is 108 cm³/mol. The Labute approximate surface area is 167 Å². The lowest BCUT2D eigenvalue weighted by atomic mass is 9.95. The molecule has 0 unspecified atom stereocenters. The predicted octanol–water partition coefficient (Wildman–Crippen LogP) is 3.77. The maximum absolute atomic E-state index is 13.0. The third kappa shape index (κ3) is 2.68. The summed E-state index contributed by atoms with van der Waals surface area (Å²) in [6.07, 6.45) is 5.54. The van der Waals surface area contributed by atoms with Crippen LogP contribution >= 0.6 is 11.6 Å². The van der Waals surface area contributed by atoms with Gasteiger partial charge in [0.1, 0.15) is 11.2 Å². The number of nitrogens with one attached hydrogen (secondary N) is 2. The Hall–Kier alpha value is -2.83. The number of carbonyl (C=O) groups is 1. The molecule has 2 aliphatic rings. The van der Waals surface area contributed by atoms with E-state index in [9.17, 15) is 4.79 Å². The van der Waals surface area contributed by atoms with E-state index in [1.807, 2.05) is 48.0 Å². The van der Waals surface area contributed by atoms with Gasteiger partial charge in [0.15, 0.2) is 0 Å². The molecule has 5 rings (SSSR count). The largest absolute Gasteiger partial charge is 0.376 e. The van der Waals surface area contributed by atoms with Crippen molar-refractivity contribution >= 4 is 28.9 Å². The van der Waals surface area contributed by atoms with Crippen LogP contribution in [0.1, 0.15) is 16.1 Å². The number of halogens is 1. The van der Waals surface area contributed by atoms with Gasteiger partial charge in [-0.15, -0.1) is 0 Å². The van der Waals surface area contributed by atoms with Crippen LogP contribution in [-0.2, 0) is 11.3 Å². The maximum Gasteiger partial charge on any atom is 0.270 e. The smallest absolute Gasteiger partial charge is 0.270 e. The topological polar surface area (TPSA) is 68.2 Å². The quantitative estimate of drug-likeness (QED) is 0.709. The minimum Gasteiger partial charge on any atom is -0.376 e. The second-order valence-electron chi connectivity index (χ2n) is 7.39. The summed E-state index contributed by atoms with van der Waals surface area (Å²) < 4.78 is 7.39. The zero-order chi connectivity index (χ0) is 19.3. The van der Waals surface area contributed by atoms with Crippen LogP contribution in [0.5, 0.6) is 0 Å². The highest BCUT2D eigenvalue weighted by atomic mass is 35.5. The van der Waals surface area contributed by atoms with E-state index in [0.717, 1.165) is 28.1 Å². The summed E-state index contributed by atoms with van der Waals surface area (Å²) in [5.41, 5.74) is 4.83. The molecular formula is C21H19ClN4O2. The molecule has 1 spiro atoms. The van der Waals surface area contributed by atoms with E-state index in [1.165, 1.54) is 0 Å². The molecule has 0 bridgehead atoms. The third-order valence-electron chi connectivity index (χ3n) is 5.42. The number of rotatable bonds is 3. The molecule has 0 aliphatic carbocycles. The molecule has 2 aliphatic heterocycles. The molecule has 2 aromatic heterocycles. The second-order valence-corrected chi connectivity index (χ2v) is 7.80. The molecular weight excluding hydrogens is 376 g/mol. The first-order valence-electron chi connectivity index (χ1n) is 9.12. The fourth-order valence-electron chi connectivity index (χ4n) is 3.86. The van der Waals surface area contributed by atoms with Gasteiger partial charge in [-0.25, -0.2) is 0 Å². The molecule has 1 amide bonds. The lowest BCUT2D eigenvalue weighted by molar-refractivity contribution is -0.0809. The third-order valence-corrected chi connectivity index (χ3v) is 5.83. The van der Waals surface area contributed by atoms with Crippen molar-refractivity contribution in [3.8, 4) is 11.1 Å². The van der Waals surface area contributed by atoms with Gasteiger partial charge >= 0.3 is 0 Å². The van der Waals surface area contributed by atoms with E-state index >= 15 is 0 Å². The molecule has 6 nitrogen and oxygen atoms in total. The van der Waals surface area contributed by atoms with E-state index in [-0.39, 0.29) is 11.4 Å². The number of ether oxygens (including phenoxy) is 1. The van der Waals surface area contributed by atoms with Gasteiger partial charge in [0.2, 0.25) is 0 Å². The van der Waals surface area contributed by atoms with E-state index < -0.39 is 0 Å². The molecule has 0 saturated carbocycles. The summed E-state index contributed by atoms with van der Waals surface area (Å²) >= 11 is 6.30.